The number of furan rings is 1. The molecule has 0 saturated heterocycles. The molecule has 11 heteroatoms. The summed E-state index contributed by atoms with van der Waals surface area (Å²) in [6, 6.07) is 16.8. The molecule has 1 amide bonds. The van der Waals surface area contributed by atoms with Crippen molar-refractivity contribution in [3.63, 3.8) is 0 Å². The van der Waals surface area contributed by atoms with E-state index in [9.17, 15) is 18.0 Å². The maximum atomic E-state index is 13.0. The number of anilines is 1. The highest BCUT2D eigenvalue weighted by atomic mass is 35.5. The predicted octanol–water partition coefficient (Wildman–Crippen LogP) is 5.88. The van der Waals surface area contributed by atoms with Gasteiger partial charge in [-0.25, -0.2) is 12.7 Å². The lowest BCUT2D eigenvalue weighted by Crippen LogP contribution is -2.39. The molecule has 0 bridgehead atoms. The van der Waals surface area contributed by atoms with Crippen LogP contribution in [0.1, 0.15) is 41.9 Å². The summed E-state index contributed by atoms with van der Waals surface area (Å²) >= 11 is 12.1. The maximum absolute atomic E-state index is 13.0. The lowest BCUT2D eigenvalue weighted by molar-refractivity contribution is -0.125. The number of ketones is 1. The van der Waals surface area contributed by atoms with E-state index >= 15 is 0 Å². The minimum Gasteiger partial charge on any atom is -0.450 e. The second-order valence-electron chi connectivity index (χ2n) is 8.78. The Labute approximate surface area is 237 Å². The van der Waals surface area contributed by atoms with Gasteiger partial charge < -0.3 is 15.9 Å². The summed E-state index contributed by atoms with van der Waals surface area (Å²) in [7, 11) is -3.79. The van der Waals surface area contributed by atoms with E-state index in [4.69, 9.17) is 39.1 Å². The lowest BCUT2D eigenvalue weighted by atomic mass is 10.0. The molecule has 0 fully saturated rings. The number of amides is 1. The zero-order valence-corrected chi connectivity index (χ0v) is 24.0. The van der Waals surface area contributed by atoms with Gasteiger partial charge in [0.2, 0.25) is 21.7 Å². The smallest absolute Gasteiger partial charge is 0.250 e. The molecule has 0 aliphatic rings. The number of carbonyl (C=O) groups excluding carboxylic acids is 2. The standard InChI is InChI=1S/C25H21Cl2N3O5S.C3H8/c1-36(33,34)30(22(31)12-28)13-14-3-2-4-15(9-14)16-5-7-19-21(10-16)35-25(23(19)29)24(32)18-8-6-17(26)11-20(18)27;1-3-2/h2-11H,12-13,28-29H2,1H3;3H2,1-2H3. The molecule has 4 aromatic rings. The van der Waals surface area contributed by atoms with Crippen molar-refractivity contribution in [2.24, 2.45) is 5.73 Å². The first-order valence-corrected chi connectivity index (χ1v) is 14.6. The first-order chi connectivity index (χ1) is 18.4. The van der Waals surface area contributed by atoms with Crippen molar-refractivity contribution in [2.45, 2.75) is 26.8 Å². The molecule has 0 radical (unpaired) electrons. The molecule has 4 rings (SSSR count). The normalized spacial score (nSPS) is 11.1. The van der Waals surface area contributed by atoms with Crippen molar-refractivity contribution in [3.05, 3.63) is 87.6 Å². The second-order valence-corrected chi connectivity index (χ2v) is 11.5. The van der Waals surface area contributed by atoms with Crippen LogP contribution in [0.25, 0.3) is 22.1 Å². The summed E-state index contributed by atoms with van der Waals surface area (Å²) in [5.41, 5.74) is 14.4. The number of fused-ring (bicyclic) bond motifs is 1. The molecule has 0 unspecified atom stereocenters. The van der Waals surface area contributed by atoms with E-state index in [2.05, 4.69) is 13.8 Å². The minimum absolute atomic E-state index is 0.0378. The largest absolute Gasteiger partial charge is 0.450 e. The fraction of sp³-hybridized carbons (Fsp3) is 0.214. The summed E-state index contributed by atoms with van der Waals surface area (Å²) in [6.07, 6.45) is 2.20. The number of hydrogen-bond donors (Lipinski definition) is 2. The average Bonchev–Trinajstić information content (AvgIpc) is 3.22. The Morgan fingerprint density at radius 2 is 1.64 bits per heavy atom. The van der Waals surface area contributed by atoms with Gasteiger partial charge in [-0.05, 0) is 53.1 Å². The molecule has 0 saturated carbocycles. The van der Waals surface area contributed by atoms with Gasteiger partial charge in [0.05, 0.1) is 30.1 Å². The Kier molecular flexibility index (Phi) is 9.79. The van der Waals surface area contributed by atoms with E-state index in [1.165, 1.54) is 18.6 Å². The van der Waals surface area contributed by atoms with Crippen LogP contribution in [0.4, 0.5) is 5.69 Å². The van der Waals surface area contributed by atoms with Crippen LogP contribution < -0.4 is 11.5 Å². The third-order valence-electron chi connectivity index (χ3n) is 5.55. The summed E-state index contributed by atoms with van der Waals surface area (Å²) in [6.45, 7) is 3.67. The summed E-state index contributed by atoms with van der Waals surface area (Å²) in [4.78, 5) is 25.1. The van der Waals surface area contributed by atoms with Gasteiger partial charge in [-0.3, -0.25) is 9.59 Å². The third kappa shape index (κ3) is 6.99. The molecule has 1 heterocycles. The summed E-state index contributed by atoms with van der Waals surface area (Å²) < 4.78 is 30.7. The zero-order chi connectivity index (χ0) is 28.9. The highest BCUT2D eigenvalue weighted by molar-refractivity contribution is 7.88. The quantitative estimate of drug-likeness (QED) is 0.256. The molecule has 4 N–H and O–H groups in total. The highest BCUT2D eigenvalue weighted by Crippen LogP contribution is 2.35. The maximum Gasteiger partial charge on any atom is 0.250 e. The van der Waals surface area contributed by atoms with Crippen LogP contribution in [0.15, 0.2) is 65.1 Å². The number of nitrogens with two attached hydrogens (primary N) is 2. The van der Waals surface area contributed by atoms with Crippen LogP contribution in [0.2, 0.25) is 10.0 Å². The van der Waals surface area contributed by atoms with E-state index in [-0.39, 0.29) is 28.6 Å². The molecule has 1 aromatic heterocycles. The van der Waals surface area contributed by atoms with Crippen molar-refractivity contribution < 1.29 is 22.4 Å². The second kappa shape index (κ2) is 12.7. The average molecular weight is 591 g/mol. The summed E-state index contributed by atoms with van der Waals surface area (Å²) in [5, 5.41) is 1.13. The first-order valence-electron chi connectivity index (χ1n) is 12.0. The van der Waals surface area contributed by atoms with Crippen LogP contribution in [0.3, 0.4) is 0 Å². The summed E-state index contributed by atoms with van der Waals surface area (Å²) in [5.74, 6) is -1.21. The van der Waals surface area contributed by atoms with Gasteiger partial charge >= 0.3 is 0 Å². The molecule has 0 spiro atoms. The number of carbonyl (C=O) groups is 2. The number of rotatable bonds is 7. The molecule has 3 aromatic carbocycles. The van der Waals surface area contributed by atoms with Gasteiger partial charge in [-0.1, -0.05) is 67.7 Å². The van der Waals surface area contributed by atoms with Gasteiger partial charge in [0.1, 0.15) is 5.58 Å². The van der Waals surface area contributed by atoms with Crippen molar-refractivity contribution in [1.82, 2.24) is 4.31 Å². The van der Waals surface area contributed by atoms with Crippen LogP contribution in [-0.2, 0) is 21.4 Å². The SMILES string of the molecule is CCC.CS(=O)(=O)N(Cc1cccc(-c2ccc3c(N)c(C(=O)c4ccc(Cl)cc4Cl)oc3c2)c1)C(=O)CN. The number of hydrogen-bond acceptors (Lipinski definition) is 7. The van der Waals surface area contributed by atoms with Crippen LogP contribution in [0.5, 0.6) is 0 Å². The molecule has 0 atom stereocenters. The molecule has 8 nitrogen and oxygen atoms in total. The Bertz CT molecular complexity index is 1630. The molecule has 39 heavy (non-hydrogen) atoms. The number of benzene rings is 3. The minimum atomic E-state index is -3.79. The fourth-order valence-electron chi connectivity index (χ4n) is 3.77. The van der Waals surface area contributed by atoms with E-state index in [1.807, 2.05) is 6.07 Å². The predicted molar refractivity (Wildman–Crippen MR) is 156 cm³/mol. The van der Waals surface area contributed by atoms with Crippen molar-refractivity contribution in [3.8, 4) is 11.1 Å². The van der Waals surface area contributed by atoms with Crippen LogP contribution in [-0.4, -0.2) is 37.2 Å². The number of nitrogen functional groups attached to an aromatic ring is 1. The van der Waals surface area contributed by atoms with E-state index in [0.717, 1.165) is 21.7 Å². The van der Waals surface area contributed by atoms with Gasteiger partial charge in [0, 0.05) is 16.0 Å². The Morgan fingerprint density at radius 3 is 2.26 bits per heavy atom. The Morgan fingerprint density at radius 1 is 0.974 bits per heavy atom. The molecule has 206 valence electrons. The molecule has 0 aliphatic carbocycles. The highest BCUT2D eigenvalue weighted by Gasteiger charge is 2.24. The van der Waals surface area contributed by atoms with Crippen LogP contribution in [0, 0.1) is 0 Å². The lowest BCUT2D eigenvalue weighted by Gasteiger charge is -2.20. The van der Waals surface area contributed by atoms with Gasteiger partial charge in [0.25, 0.3) is 0 Å². The number of nitrogens with zero attached hydrogens (tertiary/aromatic N) is 1. The fourth-order valence-corrected chi connectivity index (χ4v) is 5.09. The van der Waals surface area contributed by atoms with E-state index in [0.29, 0.717) is 21.6 Å². The molecule has 0 aliphatic heterocycles. The number of halogens is 2. The Balaban J connectivity index is 0.00000134. The molecular formula is C28H29Cl2N3O5S. The van der Waals surface area contributed by atoms with Gasteiger partial charge in [-0.2, -0.15) is 0 Å². The van der Waals surface area contributed by atoms with Gasteiger partial charge in [-0.15, -0.1) is 0 Å². The van der Waals surface area contributed by atoms with Crippen molar-refractivity contribution in [1.29, 1.82) is 0 Å². The van der Waals surface area contributed by atoms with Crippen molar-refractivity contribution >= 4 is 61.6 Å². The topological polar surface area (TPSA) is 137 Å². The van der Waals surface area contributed by atoms with Gasteiger partial charge in [0.15, 0.2) is 5.76 Å². The third-order valence-corrected chi connectivity index (χ3v) is 7.23. The molecular weight excluding hydrogens is 561 g/mol. The Hall–Kier alpha value is -3.37. The number of sulfonamides is 1. The monoisotopic (exact) mass is 589 g/mol. The first kappa shape index (κ1) is 30.2. The van der Waals surface area contributed by atoms with E-state index in [1.54, 1.807) is 42.5 Å². The van der Waals surface area contributed by atoms with E-state index < -0.39 is 28.3 Å². The van der Waals surface area contributed by atoms with Crippen LogP contribution >= 0.6 is 23.2 Å². The zero-order valence-electron chi connectivity index (χ0n) is 21.7. The van der Waals surface area contributed by atoms with Crippen molar-refractivity contribution in [2.75, 3.05) is 18.5 Å².